The number of aryl methyl sites for hydroxylation is 1. The molecule has 104 valence electrons. The molecule has 3 N–H and O–H groups in total. The van der Waals surface area contributed by atoms with Crippen LogP contribution in [-0.2, 0) is 0 Å². The lowest BCUT2D eigenvalue weighted by Crippen LogP contribution is -2.23. The summed E-state index contributed by atoms with van der Waals surface area (Å²) in [5.41, 5.74) is 0. The Bertz CT molecular complexity index is 386. The van der Waals surface area contributed by atoms with Crippen LogP contribution in [0.2, 0.25) is 0 Å². The topological polar surface area (TPSA) is 61.9 Å². The van der Waals surface area contributed by atoms with E-state index in [0.717, 1.165) is 37.0 Å². The van der Waals surface area contributed by atoms with Crippen molar-refractivity contribution in [3.8, 4) is 0 Å². The van der Waals surface area contributed by atoms with Gasteiger partial charge in [0.1, 0.15) is 17.5 Å². The Morgan fingerprint density at radius 2 is 1.74 bits per heavy atom. The van der Waals surface area contributed by atoms with Crippen LogP contribution in [0.5, 0.6) is 0 Å². The number of nitrogens with one attached hydrogen (secondary N) is 3. The van der Waals surface area contributed by atoms with Crippen LogP contribution >= 0.6 is 0 Å². The second-order valence-electron chi connectivity index (χ2n) is 5.65. The smallest absolute Gasteiger partial charge is 0.132 e. The van der Waals surface area contributed by atoms with E-state index in [4.69, 9.17) is 0 Å². The Balaban J connectivity index is 1.67. The van der Waals surface area contributed by atoms with Crippen molar-refractivity contribution in [2.24, 2.45) is 0 Å². The maximum Gasteiger partial charge on any atom is 0.132 e. The summed E-state index contributed by atoms with van der Waals surface area (Å²) < 4.78 is 0. The fraction of sp³-hybridized carbons (Fsp3) is 0.714. The maximum atomic E-state index is 4.49. The Hall–Kier alpha value is -1.36. The maximum absolute atomic E-state index is 4.49. The van der Waals surface area contributed by atoms with Crippen LogP contribution in [0, 0.1) is 6.92 Å². The number of aromatic nitrogens is 2. The summed E-state index contributed by atoms with van der Waals surface area (Å²) in [6, 6.07) is 3.13. The van der Waals surface area contributed by atoms with Crippen molar-refractivity contribution in [3.05, 3.63) is 11.9 Å². The monoisotopic (exact) mass is 261 g/mol. The molecule has 0 amide bonds. The molecule has 1 saturated carbocycles. The van der Waals surface area contributed by atoms with Crippen molar-refractivity contribution >= 4 is 11.6 Å². The molecule has 1 atom stereocenters. The average molecular weight is 261 g/mol. The van der Waals surface area contributed by atoms with Gasteiger partial charge in [0.05, 0.1) is 0 Å². The van der Waals surface area contributed by atoms with E-state index in [0.29, 0.717) is 12.1 Å². The molecule has 1 saturated heterocycles. The summed E-state index contributed by atoms with van der Waals surface area (Å²) in [4.78, 5) is 8.98. The largest absolute Gasteiger partial charge is 0.367 e. The van der Waals surface area contributed by atoms with Crippen molar-refractivity contribution in [3.63, 3.8) is 0 Å². The zero-order valence-corrected chi connectivity index (χ0v) is 11.6. The average Bonchev–Trinajstić information content (AvgIpc) is 3.01. The Labute approximate surface area is 114 Å². The second kappa shape index (κ2) is 5.74. The van der Waals surface area contributed by atoms with Crippen LogP contribution in [0.4, 0.5) is 11.6 Å². The van der Waals surface area contributed by atoms with E-state index in [1.807, 2.05) is 13.0 Å². The summed E-state index contributed by atoms with van der Waals surface area (Å²) in [5.74, 6) is 2.74. The molecular formula is C14H23N5. The molecule has 0 radical (unpaired) electrons. The molecule has 1 aromatic heterocycles. The van der Waals surface area contributed by atoms with Crippen LogP contribution < -0.4 is 16.0 Å². The lowest BCUT2D eigenvalue weighted by atomic mass is 10.2. The van der Waals surface area contributed by atoms with E-state index in [9.17, 15) is 0 Å². The zero-order chi connectivity index (χ0) is 13.1. The van der Waals surface area contributed by atoms with E-state index in [-0.39, 0.29) is 0 Å². The van der Waals surface area contributed by atoms with Gasteiger partial charge in [0.15, 0.2) is 0 Å². The predicted molar refractivity (Wildman–Crippen MR) is 77.5 cm³/mol. The molecule has 0 spiro atoms. The summed E-state index contributed by atoms with van der Waals surface area (Å²) >= 11 is 0. The molecule has 2 aliphatic rings. The molecule has 1 aliphatic heterocycles. The number of hydrogen-bond acceptors (Lipinski definition) is 5. The van der Waals surface area contributed by atoms with Gasteiger partial charge >= 0.3 is 0 Å². The fourth-order valence-electron chi connectivity index (χ4n) is 2.98. The molecule has 0 aromatic carbocycles. The standard InChI is InChI=1S/C14H23N5/c1-10-16-13(18-11-4-2-3-5-11)8-14(17-10)19-12-6-7-15-9-12/h8,11-12,15H,2-7,9H2,1H3,(H2,16,17,18,19). The van der Waals surface area contributed by atoms with E-state index in [2.05, 4.69) is 25.9 Å². The normalized spacial score (nSPS) is 23.7. The minimum atomic E-state index is 0.494. The Kier molecular flexibility index (Phi) is 3.82. The van der Waals surface area contributed by atoms with Crippen molar-refractivity contribution < 1.29 is 0 Å². The quantitative estimate of drug-likeness (QED) is 0.773. The van der Waals surface area contributed by atoms with Crippen LogP contribution in [0.3, 0.4) is 0 Å². The molecule has 5 heteroatoms. The third-order valence-electron chi connectivity index (χ3n) is 3.96. The van der Waals surface area contributed by atoms with Crippen LogP contribution in [0.15, 0.2) is 6.07 Å². The first kappa shape index (κ1) is 12.7. The molecule has 5 nitrogen and oxygen atoms in total. The van der Waals surface area contributed by atoms with Crippen molar-refractivity contribution in [2.75, 3.05) is 23.7 Å². The van der Waals surface area contributed by atoms with Gasteiger partial charge in [0.2, 0.25) is 0 Å². The Morgan fingerprint density at radius 1 is 1.05 bits per heavy atom. The predicted octanol–water partition coefficient (Wildman–Crippen LogP) is 1.91. The van der Waals surface area contributed by atoms with Gasteiger partial charge in [0.25, 0.3) is 0 Å². The van der Waals surface area contributed by atoms with Gasteiger partial charge in [-0.25, -0.2) is 9.97 Å². The van der Waals surface area contributed by atoms with E-state index >= 15 is 0 Å². The van der Waals surface area contributed by atoms with Gasteiger partial charge in [0, 0.05) is 24.7 Å². The van der Waals surface area contributed by atoms with Gasteiger partial charge in [-0.3, -0.25) is 0 Å². The number of nitrogens with zero attached hydrogens (tertiary/aromatic N) is 2. The molecule has 19 heavy (non-hydrogen) atoms. The third kappa shape index (κ3) is 3.35. The van der Waals surface area contributed by atoms with E-state index in [1.165, 1.54) is 25.7 Å². The summed E-state index contributed by atoms with van der Waals surface area (Å²) in [6.45, 7) is 4.07. The van der Waals surface area contributed by atoms with Crippen LogP contribution in [0.1, 0.15) is 37.9 Å². The second-order valence-corrected chi connectivity index (χ2v) is 5.65. The highest BCUT2D eigenvalue weighted by Gasteiger charge is 2.17. The SMILES string of the molecule is Cc1nc(NC2CCCC2)cc(NC2CCNC2)n1. The fourth-order valence-corrected chi connectivity index (χ4v) is 2.98. The van der Waals surface area contributed by atoms with Gasteiger partial charge in [-0.15, -0.1) is 0 Å². The Morgan fingerprint density at radius 3 is 2.37 bits per heavy atom. The molecule has 1 unspecified atom stereocenters. The van der Waals surface area contributed by atoms with E-state index < -0.39 is 0 Å². The number of anilines is 2. The van der Waals surface area contributed by atoms with Gasteiger partial charge in [-0.2, -0.15) is 0 Å². The molecule has 3 rings (SSSR count). The van der Waals surface area contributed by atoms with Crippen molar-refractivity contribution in [1.29, 1.82) is 0 Å². The summed E-state index contributed by atoms with van der Waals surface area (Å²) in [6.07, 6.45) is 6.35. The third-order valence-corrected chi connectivity index (χ3v) is 3.96. The molecule has 1 aliphatic carbocycles. The first-order chi connectivity index (χ1) is 9.29. The lowest BCUT2D eigenvalue weighted by molar-refractivity contribution is 0.747. The summed E-state index contributed by atoms with van der Waals surface area (Å²) in [7, 11) is 0. The zero-order valence-electron chi connectivity index (χ0n) is 11.6. The first-order valence-electron chi connectivity index (χ1n) is 7.39. The molecule has 2 fully saturated rings. The van der Waals surface area contributed by atoms with Crippen molar-refractivity contribution in [2.45, 2.75) is 51.1 Å². The highest BCUT2D eigenvalue weighted by molar-refractivity contribution is 5.48. The summed E-state index contributed by atoms with van der Waals surface area (Å²) in [5, 5.41) is 10.4. The molecule has 0 bridgehead atoms. The van der Waals surface area contributed by atoms with Gasteiger partial charge < -0.3 is 16.0 Å². The highest BCUT2D eigenvalue weighted by Crippen LogP contribution is 2.22. The van der Waals surface area contributed by atoms with Gasteiger partial charge in [-0.05, 0) is 32.7 Å². The minimum absolute atomic E-state index is 0.494. The minimum Gasteiger partial charge on any atom is -0.367 e. The van der Waals surface area contributed by atoms with Crippen molar-refractivity contribution in [1.82, 2.24) is 15.3 Å². The molecule has 2 heterocycles. The molecular weight excluding hydrogens is 238 g/mol. The number of rotatable bonds is 4. The van der Waals surface area contributed by atoms with Crippen LogP contribution in [-0.4, -0.2) is 35.1 Å². The van der Waals surface area contributed by atoms with Crippen LogP contribution in [0.25, 0.3) is 0 Å². The highest BCUT2D eigenvalue weighted by atomic mass is 15.1. The van der Waals surface area contributed by atoms with Gasteiger partial charge in [-0.1, -0.05) is 12.8 Å². The van der Waals surface area contributed by atoms with E-state index in [1.54, 1.807) is 0 Å². The number of hydrogen-bond donors (Lipinski definition) is 3. The first-order valence-corrected chi connectivity index (χ1v) is 7.39. The molecule has 1 aromatic rings. The lowest BCUT2D eigenvalue weighted by Gasteiger charge is -2.16.